The molecule has 1 aliphatic rings. The van der Waals surface area contributed by atoms with Gasteiger partial charge in [-0.25, -0.2) is 4.68 Å². The zero-order valence-electron chi connectivity index (χ0n) is 15.0. The lowest BCUT2D eigenvalue weighted by molar-refractivity contribution is 0.0925. The van der Waals surface area contributed by atoms with E-state index < -0.39 is 0 Å². The number of nitrogens with zero attached hydrogens (tertiary/aromatic N) is 3. The SMILES string of the molecule is Cc1c(C(=O)N[C@H]2CCCNC2)nnn1-c1ccc(OC(C)C)cc1. The molecule has 0 aliphatic carbocycles. The summed E-state index contributed by atoms with van der Waals surface area (Å²) in [7, 11) is 0. The van der Waals surface area contributed by atoms with E-state index in [1.165, 1.54) is 0 Å². The number of ether oxygens (including phenoxy) is 1. The second-order valence-corrected chi connectivity index (χ2v) is 6.61. The number of carbonyl (C=O) groups is 1. The first-order valence-corrected chi connectivity index (χ1v) is 8.75. The molecule has 1 fully saturated rings. The molecule has 134 valence electrons. The number of aromatic nitrogens is 3. The number of benzene rings is 1. The van der Waals surface area contributed by atoms with Crippen LogP contribution in [-0.4, -0.2) is 46.1 Å². The smallest absolute Gasteiger partial charge is 0.274 e. The molecule has 25 heavy (non-hydrogen) atoms. The van der Waals surface area contributed by atoms with Crippen LogP contribution < -0.4 is 15.4 Å². The van der Waals surface area contributed by atoms with Crippen molar-refractivity contribution in [3.8, 4) is 11.4 Å². The third-order valence-electron chi connectivity index (χ3n) is 4.19. The highest BCUT2D eigenvalue weighted by Gasteiger charge is 2.21. The Labute approximate surface area is 147 Å². The lowest BCUT2D eigenvalue weighted by Crippen LogP contribution is -2.45. The average Bonchev–Trinajstić information content (AvgIpc) is 2.98. The largest absolute Gasteiger partial charge is 0.491 e. The fraction of sp³-hybridized carbons (Fsp3) is 0.500. The van der Waals surface area contributed by atoms with Gasteiger partial charge in [0.1, 0.15) is 5.75 Å². The van der Waals surface area contributed by atoms with Crippen molar-refractivity contribution in [2.75, 3.05) is 13.1 Å². The normalized spacial score (nSPS) is 17.5. The molecule has 0 radical (unpaired) electrons. The Morgan fingerprint density at radius 2 is 2.12 bits per heavy atom. The van der Waals surface area contributed by atoms with Crippen LogP contribution in [0.1, 0.15) is 42.9 Å². The number of hydrogen-bond acceptors (Lipinski definition) is 5. The Hall–Kier alpha value is -2.41. The van der Waals surface area contributed by atoms with Gasteiger partial charge in [0.2, 0.25) is 0 Å². The van der Waals surface area contributed by atoms with E-state index in [0.717, 1.165) is 43.1 Å². The summed E-state index contributed by atoms with van der Waals surface area (Å²) < 4.78 is 7.32. The summed E-state index contributed by atoms with van der Waals surface area (Å²) in [6.07, 6.45) is 2.19. The fourth-order valence-electron chi connectivity index (χ4n) is 2.95. The molecular weight excluding hydrogens is 318 g/mol. The fourth-order valence-corrected chi connectivity index (χ4v) is 2.95. The van der Waals surface area contributed by atoms with E-state index in [2.05, 4.69) is 20.9 Å². The lowest BCUT2D eigenvalue weighted by Gasteiger charge is -2.23. The highest BCUT2D eigenvalue weighted by Crippen LogP contribution is 2.18. The van der Waals surface area contributed by atoms with Gasteiger partial charge in [-0.05, 0) is 64.4 Å². The highest BCUT2D eigenvalue weighted by molar-refractivity contribution is 5.93. The Bertz CT molecular complexity index is 718. The maximum Gasteiger partial charge on any atom is 0.274 e. The van der Waals surface area contributed by atoms with Crippen LogP contribution in [-0.2, 0) is 0 Å². The molecule has 0 spiro atoms. The predicted molar refractivity (Wildman–Crippen MR) is 95.2 cm³/mol. The molecule has 1 aromatic heterocycles. The molecular formula is C18H25N5O2. The zero-order valence-corrected chi connectivity index (χ0v) is 15.0. The molecule has 3 rings (SSSR count). The summed E-state index contributed by atoms with van der Waals surface area (Å²) in [6, 6.07) is 7.75. The topological polar surface area (TPSA) is 81.1 Å². The van der Waals surface area contributed by atoms with Gasteiger partial charge in [0.25, 0.3) is 5.91 Å². The molecule has 0 saturated carbocycles. The standard InChI is InChI=1S/C18H25N5O2/c1-12(2)25-16-8-6-15(7-9-16)23-13(3)17(21-22-23)18(24)20-14-5-4-10-19-11-14/h6-9,12,14,19H,4-5,10-11H2,1-3H3,(H,20,24)/t14-/m0/s1. The van der Waals surface area contributed by atoms with Crippen LogP contribution in [0.25, 0.3) is 5.69 Å². The first-order valence-electron chi connectivity index (χ1n) is 8.75. The van der Waals surface area contributed by atoms with Crippen molar-refractivity contribution in [3.63, 3.8) is 0 Å². The molecule has 1 aromatic carbocycles. The van der Waals surface area contributed by atoms with E-state index in [0.29, 0.717) is 5.69 Å². The Morgan fingerprint density at radius 1 is 1.36 bits per heavy atom. The van der Waals surface area contributed by atoms with Crippen molar-refractivity contribution in [2.45, 2.75) is 45.8 Å². The number of rotatable bonds is 5. The van der Waals surface area contributed by atoms with Crippen LogP contribution in [0.4, 0.5) is 0 Å². The monoisotopic (exact) mass is 343 g/mol. The van der Waals surface area contributed by atoms with Crippen LogP contribution in [0.3, 0.4) is 0 Å². The van der Waals surface area contributed by atoms with Crippen LogP contribution >= 0.6 is 0 Å². The highest BCUT2D eigenvalue weighted by atomic mass is 16.5. The minimum Gasteiger partial charge on any atom is -0.491 e. The summed E-state index contributed by atoms with van der Waals surface area (Å²) >= 11 is 0. The maximum absolute atomic E-state index is 12.5. The van der Waals surface area contributed by atoms with E-state index in [1.54, 1.807) is 4.68 Å². The van der Waals surface area contributed by atoms with Gasteiger partial charge in [-0.15, -0.1) is 5.10 Å². The van der Waals surface area contributed by atoms with Crippen molar-refractivity contribution >= 4 is 5.91 Å². The van der Waals surface area contributed by atoms with E-state index in [4.69, 9.17) is 4.74 Å². The third kappa shape index (κ3) is 4.17. The molecule has 1 amide bonds. The van der Waals surface area contributed by atoms with E-state index in [9.17, 15) is 4.79 Å². The summed E-state index contributed by atoms with van der Waals surface area (Å²) in [6.45, 7) is 7.64. The number of carbonyl (C=O) groups excluding carboxylic acids is 1. The van der Waals surface area contributed by atoms with Gasteiger partial charge in [-0.1, -0.05) is 5.21 Å². The molecule has 0 bridgehead atoms. The first-order chi connectivity index (χ1) is 12.0. The van der Waals surface area contributed by atoms with Gasteiger partial charge in [0, 0.05) is 12.6 Å². The summed E-state index contributed by atoms with van der Waals surface area (Å²) in [4.78, 5) is 12.5. The summed E-state index contributed by atoms with van der Waals surface area (Å²) in [5.41, 5.74) is 1.94. The minimum absolute atomic E-state index is 0.128. The van der Waals surface area contributed by atoms with Crippen molar-refractivity contribution in [2.24, 2.45) is 0 Å². The quantitative estimate of drug-likeness (QED) is 0.866. The van der Waals surface area contributed by atoms with Crippen LogP contribution in [0, 0.1) is 6.92 Å². The van der Waals surface area contributed by atoms with Crippen LogP contribution in [0.5, 0.6) is 5.75 Å². The van der Waals surface area contributed by atoms with Crippen LogP contribution in [0.2, 0.25) is 0 Å². The van der Waals surface area contributed by atoms with Gasteiger partial charge < -0.3 is 15.4 Å². The molecule has 1 atom stereocenters. The van der Waals surface area contributed by atoms with Crippen molar-refractivity contribution in [1.29, 1.82) is 0 Å². The van der Waals surface area contributed by atoms with E-state index >= 15 is 0 Å². The van der Waals surface area contributed by atoms with E-state index in [1.807, 2.05) is 45.0 Å². The molecule has 2 heterocycles. The van der Waals surface area contributed by atoms with Crippen molar-refractivity contribution in [3.05, 3.63) is 35.7 Å². The number of amides is 1. The lowest BCUT2D eigenvalue weighted by atomic mass is 10.1. The molecule has 7 heteroatoms. The molecule has 1 aliphatic heterocycles. The minimum atomic E-state index is -0.169. The molecule has 2 N–H and O–H groups in total. The second-order valence-electron chi connectivity index (χ2n) is 6.61. The third-order valence-corrected chi connectivity index (χ3v) is 4.19. The average molecular weight is 343 g/mol. The van der Waals surface area contributed by atoms with Crippen molar-refractivity contribution in [1.82, 2.24) is 25.6 Å². The van der Waals surface area contributed by atoms with Gasteiger partial charge in [-0.3, -0.25) is 4.79 Å². The number of piperidine rings is 1. The Morgan fingerprint density at radius 3 is 2.76 bits per heavy atom. The Balaban J connectivity index is 1.72. The van der Waals surface area contributed by atoms with Gasteiger partial charge in [0.15, 0.2) is 5.69 Å². The number of hydrogen-bond donors (Lipinski definition) is 2. The van der Waals surface area contributed by atoms with Gasteiger partial charge in [0.05, 0.1) is 17.5 Å². The van der Waals surface area contributed by atoms with Gasteiger partial charge >= 0.3 is 0 Å². The number of nitrogens with one attached hydrogen (secondary N) is 2. The summed E-state index contributed by atoms with van der Waals surface area (Å²) in [5, 5.41) is 14.5. The molecule has 0 unspecified atom stereocenters. The predicted octanol–water partition coefficient (Wildman–Crippen LogP) is 1.84. The first kappa shape index (κ1) is 17.4. The Kier molecular flexibility index (Phi) is 5.33. The summed E-state index contributed by atoms with van der Waals surface area (Å²) in [5.74, 6) is 0.636. The maximum atomic E-state index is 12.5. The van der Waals surface area contributed by atoms with Crippen molar-refractivity contribution < 1.29 is 9.53 Å². The van der Waals surface area contributed by atoms with Gasteiger partial charge in [-0.2, -0.15) is 0 Å². The molecule has 2 aromatic rings. The molecule has 7 nitrogen and oxygen atoms in total. The van der Waals surface area contributed by atoms with E-state index in [-0.39, 0.29) is 18.1 Å². The van der Waals surface area contributed by atoms with Crippen LogP contribution in [0.15, 0.2) is 24.3 Å². The molecule has 1 saturated heterocycles. The zero-order chi connectivity index (χ0) is 17.8. The second kappa shape index (κ2) is 7.65.